The van der Waals surface area contributed by atoms with Crippen LogP contribution in [-0.4, -0.2) is 40.9 Å². The Kier molecular flexibility index (Phi) is 6.49. The van der Waals surface area contributed by atoms with Gasteiger partial charge in [-0.1, -0.05) is 12.1 Å². The molecule has 0 atom stereocenters. The molecule has 0 fully saturated rings. The average Bonchev–Trinajstić information content (AvgIpc) is 2.67. The summed E-state index contributed by atoms with van der Waals surface area (Å²) >= 11 is 0. The van der Waals surface area contributed by atoms with Gasteiger partial charge in [0, 0.05) is 30.8 Å². The molecule has 2 N–H and O–H groups in total. The maximum atomic E-state index is 12.3. The molecule has 6 heteroatoms. The second-order valence-electron chi connectivity index (χ2n) is 5.74. The van der Waals surface area contributed by atoms with Gasteiger partial charge in [0.2, 0.25) is 0 Å². The molecule has 0 aliphatic heterocycles. The Hall–Kier alpha value is -3.15. The number of carboxylic acid groups (broad SMARTS) is 1. The van der Waals surface area contributed by atoms with Crippen LogP contribution in [0.2, 0.25) is 0 Å². The van der Waals surface area contributed by atoms with Gasteiger partial charge in [-0.2, -0.15) is 0 Å². The quantitative estimate of drug-likeness (QED) is 0.800. The van der Waals surface area contributed by atoms with E-state index in [0.717, 1.165) is 5.56 Å². The lowest BCUT2D eigenvalue weighted by Gasteiger charge is -2.18. The first-order valence-corrected chi connectivity index (χ1v) is 8.46. The molecule has 2 rings (SSSR count). The molecule has 0 spiro atoms. The van der Waals surface area contributed by atoms with Gasteiger partial charge >= 0.3 is 5.97 Å². The van der Waals surface area contributed by atoms with Gasteiger partial charge in [0.05, 0.1) is 5.56 Å². The van der Waals surface area contributed by atoms with Gasteiger partial charge in [0.1, 0.15) is 0 Å². The SMILES string of the molecule is CCN(CC)C(=O)c1ccc(C(=O)NCc2ccc(C(=O)O)cc2)cc1. The van der Waals surface area contributed by atoms with Crippen LogP contribution in [0.15, 0.2) is 48.5 Å². The number of carbonyl (C=O) groups is 3. The summed E-state index contributed by atoms with van der Waals surface area (Å²) in [5, 5.41) is 11.6. The van der Waals surface area contributed by atoms with E-state index in [1.165, 1.54) is 12.1 Å². The smallest absolute Gasteiger partial charge is 0.335 e. The summed E-state index contributed by atoms with van der Waals surface area (Å²) in [6, 6.07) is 12.9. The van der Waals surface area contributed by atoms with Crippen molar-refractivity contribution >= 4 is 17.8 Å². The molecule has 0 aliphatic rings. The van der Waals surface area contributed by atoms with Crippen LogP contribution in [-0.2, 0) is 6.54 Å². The Balaban J connectivity index is 1.97. The van der Waals surface area contributed by atoms with Crippen molar-refractivity contribution in [3.05, 3.63) is 70.8 Å². The lowest BCUT2D eigenvalue weighted by atomic mass is 10.1. The summed E-state index contributed by atoms with van der Waals surface area (Å²) in [5.74, 6) is -1.30. The molecule has 0 bridgehead atoms. The Bertz CT molecular complexity index is 778. The fourth-order valence-electron chi connectivity index (χ4n) is 2.51. The highest BCUT2D eigenvalue weighted by atomic mass is 16.4. The van der Waals surface area contributed by atoms with E-state index >= 15 is 0 Å². The van der Waals surface area contributed by atoms with Crippen molar-refractivity contribution < 1.29 is 19.5 Å². The summed E-state index contributed by atoms with van der Waals surface area (Å²) in [7, 11) is 0. The molecule has 136 valence electrons. The fraction of sp³-hybridized carbons (Fsp3) is 0.250. The Morgan fingerprint density at radius 3 is 1.85 bits per heavy atom. The standard InChI is InChI=1S/C20H22N2O4/c1-3-22(4-2)19(24)16-11-9-15(10-12-16)18(23)21-13-14-5-7-17(8-6-14)20(25)26/h5-12H,3-4,13H2,1-2H3,(H,21,23)(H,25,26). The lowest BCUT2D eigenvalue weighted by Crippen LogP contribution is -2.30. The Morgan fingerprint density at radius 1 is 0.846 bits per heavy atom. The number of nitrogens with one attached hydrogen (secondary N) is 1. The van der Waals surface area contributed by atoms with Crippen molar-refractivity contribution in [2.24, 2.45) is 0 Å². The zero-order valence-corrected chi connectivity index (χ0v) is 14.9. The average molecular weight is 354 g/mol. The third-order valence-corrected chi connectivity index (χ3v) is 4.10. The highest BCUT2D eigenvalue weighted by Gasteiger charge is 2.13. The van der Waals surface area contributed by atoms with E-state index < -0.39 is 5.97 Å². The number of amides is 2. The first kappa shape index (κ1) is 19.2. The molecule has 0 radical (unpaired) electrons. The number of hydrogen-bond acceptors (Lipinski definition) is 3. The molecular formula is C20H22N2O4. The van der Waals surface area contributed by atoms with Crippen molar-refractivity contribution in [2.75, 3.05) is 13.1 Å². The predicted molar refractivity (Wildman–Crippen MR) is 98.3 cm³/mol. The molecule has 2 amide bonds. The molecule has 0 heterocycles. The number of benzene rings is 2. The molecule has 2 aromatic rings. The number of carbonyl (C=O) groups excluding carboxylic acids is 2. The van der Waals surface area contributed by atoms with Crippen molar-refractivity contribution in [1.29, 1.82) is 0 Å². The zero-order valence-electron chi connectivity index (χ0n) is 14.9. The molecule has 26 heavy (non-hydrogen) atoms. The van der Waals surface area contributed by atoms with Gasteiger partial charge < -0.3 is 15.3 Å². The van der Waals surface area contributed by atoms with Crippen LogP contribution < -0.4 is 5.32 Å². The summed E-state index contributed by atoms with van der Waals surface area (Å²) in [6.45, 7) is 5.41. The summed E-state index contributed by atoms with van der Waals surface area (Å²) < 4.78 is 0. The number of carboxylic acids is 1. The lowest BCUT2D eigenvalue weighted by molar-refractivity contribution is 0.0695. The predicted octanol–water partition coefficient (Wildman–Crippen LogP) is 2.80. The number of aromatic carboxylic acids is 1. The van der Waals surface area contributed by atoms with Crippen LogP contribution >= 0.6 is 0 Å². The maximum Gasteiger partial charge on any atom is 0.335 e. The monoisotopic (exact) mass is 354 g/mol. The van der Waals surface area contributed by atoms with E-state index in [-0.39, 0.29) is 17.4 Å². The van der Waals surface area contributed by atoms with Crippen LogP contribution in [0.4, 0.5) is 0 Å². The molecule has 6 nitrogen and oxygen atoms in total. The molecular weight excluding hydrogens is 332 g/mol. The molecule has 0 aromatic heterocycles. The normalized spacial score (nSPS) is 10.2. The minimum atomic E-state index is -0.986. The topological polar surface area (TPSA) is 86.7 Å². The Morgan fingerprint density at radius 2 is 1.35 bits per heavy atom. The van der Waals surface area contributed by atoms with Crippen LogP contribution in [0.3, 0.4) is 0 Å². The van der Waals surface area contributed by atoms with Gasteiger partial charge in [0.15, 0.2) is 0 Å². The first-order valence-electron chi connectivity index (χ1n) is 8.46. The van der Waals surface area contributed by atoms with Crippen LogP contribution in [0.5, 0.6) is 0 Å². The minimum Gasteiger partial charge on any atom is -0.478 e. The molecule has 0 saturated carbocycles. The zero-order chi connectivity index (χ0) is 19.1. The van der Waals surface area contributed by atoms with Crippen LogP contribution in [0, 0.1) is 0 Å². The maximum absolute atomic E-state index is 12.3. The van der Waals surface area contributed by atoms with Gasteiger partial charge in [-0.15, -0.1) is 0 Å². The summed E-state index contributed by atoms with van der Waals surface area (Å²) in [5.41, 5.74) is 2.02. The molecule has 0 aliphatic carbocycles. The third-order valence-electron chi connectivity index (χ3n) is 4.10. The highest BCUT2D eigenvalue weighted by molar-refractivity contribution is 5.97. The third kappa shape index (κ3) is 4.69. The highest BCUT2D eigenvalue weighted by Crippen LogP contribution is 2.09. The van der Waals surface area contributed by atoms with Crippen molar-refractivity contribution in [1.82, 2.24) is 10.2 Å². The fourth-order valence-corrected chi connectivity index (χ4v) is 2.51. The second-order valence-corrected chi connectivity index (χ2v) is 5.74. The van der Waals surface area contributed by atoms with Crippen molar-refractivity contribution in [3.63, 3.8) is 0 Å². The second kappa shape index (κ2) is 8.80. The van der Waals surface area contributed by atoms with Gasteiger partial charge in [-0.3, -0.25) is 9.59 Å². The molecule has 2 aromatic carbocycles. The van der Waals surface area contributed by atoms with E-state index in [1.807, 2.05) is 13.8 Å². The van der Waals surface area contributed by atoms with E-state index in [1.54, 1.807) is 41.3 Å². The number of nitrogens with zero attached hydrogens (tertiary/aromatic N) is 1. The van der Waals surface area contributed by atoms with Crippen LogP contribution in [0.25, 0.3) is 0 Å². The van der Waals surface area contributed by atoms with Crippen molar-refractivity contribution in [2.45, 2.75) is 20.4 Å². The number of rotatable bonds is 7. The molecule has 0 unspecified atom stereocenters. The summed E-state index contributed by atoms with van der Waals surface area (Å²) in [6.07, 6.45) is 0. The summed E-state index contributed by atoms with van der Waals surface area (Å²) in [4.78, 5) is 37.0. The van der Waals surface area contributed by atoms with E-state index in [9.17, 15) is 14.4 Å². The van der Waals surface area contributed by atoms with Crippen LogP contribution in [0.1, 0.15) is 50.5 Å². The largest absolute Gasteiger partial charge is 0.478 e. The molecule has 0 saturated heterocycles. The first-order chi connectivity index (χ1) is 12.5. The number of hydrogen-bond donors (Lipinski definition) is 2. The minimum absolute atomic E-state index is 0.0551. The Labute approximate surface area is 152 Å². The van der Waals surface area contributed by atoms with Gasteiger partial charge in [-0.25, -0.2) is 4.79 Å². The van der Waals surface area contributed by atoms with Crippen molar-refractivity contribution in [3.8, 4) is 0 Å². The van der Waals surface area contributed by atoms with E-state index in [2.05, 4.69) is 5.32 Å². The van der Waals surface area contributed by atoms with E-state index in [4.69, 9.17) is 5.11 Å². The van der Waals surface area contributed by atoms with E-state index in [0.29, 0.717) is 30.8 Å². The van der Waals surface area contributed by atoms with Gasteiger partial charge in [-0.05, 0) is 55.8 Å². The van der Waals surface area contributed by atoms with Gasteiger partial charge in [0.25, 0.3) is 11.8 Å².